The average Bonchev–Trinajstić information content (AvgIpc) is 2.32. The van der Waals surface area contributed by atoms with E-state index in [0.29, 0.717) is 31.3 Å². The lowest BCUT2D eigenvalue weighted by atomic mass is 10.00. The Morgan fingerprint density at radius 1 is 1.23 bits per heavy atom. The molecule has 0 saturated heterocycles. The fourth-order valence-electron chi connectivity index (χ4n) is 1.67. The van der Waals surface area contributed by atoms with Gasteiger partial charge in [-0.3, -0.25) is 4.18 Å². The smallest absolute Gasteiger partial charge is 0.376 e. The Labute approximate surface area is 126 Å². The zero-order chi connectivity index (χ0) is 17.0. The van der Waals surface area contributed by atoms with E-state index in [9.17, 15) is 30.0 Å². The van der Waals surface area contributed by atoms with Gasteiger partial charge < -0.3 is 4.18 Å². The van der Waals surface area contributed by atoms with Gasteiger partial charge in [0.2, 0.25) is 0 Å². The minimum absolute atomic E-state index is 0.0586. The molecule has 0 amide bonds. The van der Waals surface area contributed by atoms with Gasteiger partial charge in [0.15, 0.2) is 0 Å². The van der Waals surface area contributed by atoms with Gasteiger partial charge in [0, 0.05) is 0 Å². The molecule has 0 aromatic carbocycles. The maximum atomic E-state index is 12.2. The lowest BCUT2D eigenvalue weighted by Gasteiger charge is -2.15. The molecule has 0 radical (unpaired) electrons. The normalized spacial score (nSPS) is 16.9. The Balaban J connectivity index is 2.59. The molecular weight excluding hydrogens is 349 g/mol. The topological polar surface area (TPSA) is 86.7 Å². The monoisotopic (exact) mass is 364 g/mol. The summed E-state index contributed by atoms with van der Waals surface area (Å²) in [5, 5.41) is 0. The fraction of sp³-hybridized carbons (Fsp3) is 0.636. The molecule has 0 heterocycles. The number of hydrogen-bond donors (Lipinski definition) is 0. The van der Waals surface area contributed by atoms with Gasteiger partial charge in [-0.25, -0.2) is 0 Å². The maximum absolute atomic E-state index is 12.2. The molecule has 0 spiro atoms. The van der Waals surface area contributed by atoms with Crippen LogP contribution in [-0.4, -0.2) is 35.2 Å². The Morgan fingerprint density at radius 3 is 2.41 bits per heavy atom. The van der Waals surface area contributed by atoms with Gasteiger partial charge in [-0.2, -0.15) is 30.0 Å². The molecule has 22 heavy (non-hydrogen) atoms. The molecule has 1 aliphatic rings. The van der Waals surface area contributed by atoms with Crippen molar-refractivity contribution in [3.05, 3.63) is 23.5 Å². The van der Waals surface area contributed by atoms with Crippen LogP contribution >= 0.6 is 0 Å². The minimum atomic E-state index is -5.68. The van der Waals surface area contributed by atoms with Crippen molar-refractivity contribution >= 4 is 20.2 Å². The van der Waals surface area contributed by atoms with E-state index in [2.05, 4.69) is 8.37 Å². The Hall–Kier alpha value is -1.07. The molecule has 11 heteroatoms. The van der Waals surface area contributed by atoms with Crippen molar-refractivity contribution in [3.8, 4) is 0 Å². The molecule has 0 atom stereocenters. The van der Waals surface area contributed by atoms with E-state index in [4.69, 9.17) is 0 Å². The molecule has 0 aromatic heterocycles. The first-order valence-electron chi connectivity index (χ1n) is 6.15. The van der Waals surface area contributed by atoms with E-state index in [1.54, 1.807) is 0 Å². The van der Waals surface area contributed by atoms with Crippen LogP contribution in [0.4, 0.5) is 13.2 Å². The third kappa shape index (κ3) is 6.36. The van der Waals surface area contributed by atoms with Crippen molar-refractivity contribution < 1.29 is 38.4 Å². The summed E-state index contributed by atoms with van der Waals surface area (Å²) >= 11 is 0. The third-order valence-electron chi connectivity index (χ3n) is 2.59. The highest BCUT2D eigenvalue weighted by atomic mass is 32.2. The summed E-state index contributed by atoms with van der Waals surface area (Å²) in [4.78, 5) is 0. The van der Waals surface area contributed by atoms with Crippen LogP contribution in [-0.2, 0) is 28.6 Å². The molecule has 0 saturated carbocycles. The van der Waals surface area contributed by atoms with E-state index in [1.165, 1.54) is 12.2 Å². The summed E-state index contributed by atoms with van der Waals surface area (Å²) in [5.41, 5.74) is -4.82. The molecule has 1 rings (SSSR count). The van der Waals surface area contributed by atoms with Crippen molar-refractivity contribution in [1.29, 1.82) is 0 Å². The Morgan fingerprint density at radius 2 is 1.86 bits per heavy atom. The van der Waals surface area contributed by atoms with Crippen LogP contribution < -0.4 is 0 Å². The number of allylic oxidation sites excluding steroid dienone is 3. The van der Waals surface area contributed by atoms with Crippen LogP contribution in [0, 0.1) is 0 Å². The van der Waals surface area contributed by atoms with Crippen molar-refractivity contribution in [1.82, 2.24) is 0 Å². The van der Waals surface area contributed by atoms with Gasteiger partial charge in [0.25, 0.3) is 10.1 Å². The molecule has 1 aliphatic carbocycles. The predicted octanol–water partition coefficient (Wildman–Crippen LogP) is 2.21. The number of rotatable bonds is 7. The zero-order valence-corrected chi connectivity index (χ0v) is 13.2. The molecule has 0 unspecified atom stereocenters. The van der Waals surface area contributed by atoms with E-state index in [0.717, 1.165) is 6.26 Å². The Kier molecular flexibility index (Phi) is 6.04. The average molecular weight is 364 g/mol. The van der Waals surface area contributed by atoms with Gasteiger partial charge in [0.05, 0.1) is 12.9 Å². The quantitative estimate of drug-likeness (QED) is 0.391. The second-order valence-electron chi connectivity index (χ2n) is 4.56. The summed E-state index contributed by atoms with van der Waals surface area (Å²) in [6.07, 6.45) is 4.93. The van der Waals surface area contributed by atoms with Gasteiger partial charge in [-0.05, 0) is 37.8 Å². The first kappa shape index (κ1) is 19.0. The first-order chi connectivity index (χ1) is 9.91. The second kappa shape index (κ2) is 7.01. The molecular formula is C11H15F3O6S2. The maximum Gasteiger partial charge on any atom is 0.534 e. The number of alkyl halides is 3. The SMILES string of the molecule is CS(=O)(=O)OCCCC1=CC(OS(=O)(=O)C(F)(F)F)=CCC1. The van der Waals surface area contributed by atoms with Gasteiger partial charge in [0.1, 0.15) is 5.76 Å². The van der Waals surface area contributed by atoms with Crippen LogP contribution in [0.2, 0.25) is 0 Å². The summed E-state index contributed by atoms with van der Waals surface area (Å²) in [5.74, 6) is -0.386. The van der Waals surface area contributed by atoms with Gasteiger partial charge >= 0.3 is 15.6 Å². The van der Waals surface area contributed by atoms with Crippen LogP contribution in [0.25, 0.3) is 0 Å². The molecule has 6 nitrogen and oxygen atoms in total. The van der Waals surface area contributed by atoms with Crippen molar-refractivity contribution in [2.24, 2.45) is 0 Å². The molecule has 0 aromatic rings. The lowest BCUT2D eigenvalue weighted by molar-refractivity contribution is -0.0520. The molecule has 0 N–H and O–H groups in total. The third-order valence-corrected chi connectivity index (χ3v) is 4.16. The lowest BCUT2D eigenvalue weighted by Crippen LogP contribution is -2.25. The first-order valence-corrected chi connectivity index (χ1v) is 9.38. The van der Waals surface area contributed by atoms with E-state index in [1.807, 2.05) is 0 Å². The summed E-state index contributed by atoms with van der Waals surface area (Å²) in [6.45, 7) is -0.0586. The predicted molar refractivity (Wildman–Crippen MR) is 71.5 cm³/mol. The van der Waals surface area contributed by atoms with E-state index >= 15 is 0 Å². The van der Waals surface area contributed by atoms with Crippen LogP contribution in [0.1, 0.15) is 25.7 Å². The van der Waals surface area contributed by atoms with Crippen molar-refractivity contribution in [2.75, 3.05) is 12.9 Å². The standard InChI is InChI=1S/C11H15F3O6S2/c1-21(15,16)19-7-3-5-9-4-2-6-10(8-9)20-22(17,18)11(12,13)14/h6,8H,2-5,7H2,1H3. The highest BCUT2D eigenvalue weighted by Gasteiger charge is 2.48. The van der Waals surface area contributed by atoms with Gasteiger partial charge in [-0.1, -0.05) is 5.57 Å². The van der Waals surface area contributed by atoms with Crippen LogP contribution in [0.15, 0.2) is 23.5 Å². The molecule has 0 fully saturated rings. The largest absolute Gasteiger partial charge is 0.534 e. The van der Waals surface area contributed by atoms with Crippen molar-refractivity contribution in [2.45, 2.75) is 31.2 Å². The van der Waals surface area contributed by atoms with E-state index < -0.39 is 25.7 Å². The summed E-state index contributed by atoms with van der Waals surface area (Å²) in [7, 11) is -9.22. The fourth-order valence-corrected chi connectivity index (χ4v) is 2.56. The van der Waals surface area contributed by atoms with Crippen LogP contribution in [0.5, 0.6) is 0 Å². The molecule has 128 valence electrons. The highest BCUT2D eigenvalue weighted by Crippen LogP contribution is 2.29. The molecule has 0 bridgehead atoms. The number of hydrogen-bond acceptors (Lipinski definition) is 6. The van der Waals surface area contributed by atoms with E-state index in [-0.39, 0.29) is 12.4 Å². The second-order valence-corrected chi connectivity index (χ2v) is 7.74. The number of halogens is 3. The minimum Gasteiger partial charge on any atom is -0.376 e. The Bertz CT molecular complexity index is 658. The van der Waals surface area contributed by atoms with Gasteiger partial charge in [-0.15, -0.1) is 0 Å². The highest BCUT2D eigenvalue weighted by molar-refractivity contribution is 7.87. The van der Waals surface area contributed by atoms with Crippen LogP contribution in [0.3, 0.4) is 0 Å². The molecule has 0 aliphatic heterocycles. The summed E-state index contributed by atoms with van der Waals surface area (Å²) < 4.78 is 88.5. The summed E-state index contributed by atoms with van der Waals surface area (Å²) in [6, 6.07) is 0. The zero-order valence-electron chi connectivity index (χ0n) is 11.6. The van der Waals surface area contributed by atoms with Crippen molar-refractivity contribution in [3.63, 3.8) is 0 Å².